The minimum absolute atomic E-state index is 0.0874. The molecule has 0 radical (unpaired) electrons. The van der Waals surface area contributed by atoms with Gasteiger partial charge in [0.2, 0.25) is 0 Å². The van der Waals surface area contributed by atoms with Gasteiger partial charge >= 0.3 is 0 Å². The number of rotatable bonds is 0. The minimum atomic E-state index is -0.0874. The van der Waals surface area contributed by atoms with Gasteiger partial charge in [-0.3, -0.25) is 0 Å². The summed E-state index contributed by atoms with van der Waals surface area (Å²) in [6.45, 7) is 4.52. The molecular formula is C21H16BrClO. The van der Waals surface area contributed by atoms with Gasteiger partial charge in [0.1, 0.15) is 11.9 Å². The van der Waals surface area contributed by atoms with Crippen molar-refractivity contribution in [3.63, 3.8) is 0 Å². The molecule has 2 aromatic rings. The Kier molecular flexibility index (Phi) is 2.94. The predicted octanol–water partition coefficient (Wildman–Crippen LogP) is 6.38. The lowest BCUT2D eigenvalue weighted by molar-refractivity contribution is 0.269. The molecule has 2 aliphatic carbocycles. The smallest absolute Gasteiger partial charge is 0.133 e. The normalized spacial score (nSPS) is 24.2. The minimum Gasteiger partial charge on any atom is -0.484 e. The Morgan fingerprint density at radius 2 is 1.88 bits per heavy atom. The van der Waals surface area contributed by atoms with Crippen molar-refractivity contribution in [3.05, 3.63) is 74.8 Å². The van der Waals surface area contributed by atoms with Crippen molar-refractivity contribution in [2.45, 2.75) is 31.3 Å². The van der Waals surface area contributed by atoms with Gasteiger partial charge in [0, 0.05) is 32.0 Å². The molecule has 0 amide bonds. The number of allylic oxidation sites excluding steroid dienone is 2. The van der Waals surface area contributed by atoms with Crippen molar-refractivity contribution in [1.82, 2.24) is 0 Å². The summed E-state index contributed by atoms with van der Waals surface area (Å²) in [4.78, 5) is 0. The summed E-state index contributed by atoms with van der Waals surface area (Å²) in [6, 6.07) is 8.48. The maximum Gasteiger partial charge on any atom is 0.133 e. The van der Waals surface area contributed by atoms with Crippen LogP contribution in [0.3, 0.4) is 0 Å². The van der Waals surface area contributed by atoms with Crippen molar-refractivity contribution in [1.29, 1.82) is 0 Å². The largest absolute Gasteiger partial charge is 0.484 e. The maximum atomic E-state index is 6.41. The lowest BCUT2D eigenvalue weighted by atomic mass is 9.81. The van der Waals surface area contributed by atoms with E-state index in [2.05, 4.69) is 72.3 Å². The molecule has 0 N–H and O–H groups in total. The van der Waals surface area contributed by atoms with E-state index in [0.29, 0.717) is 0 Å². The molecule has 1 aliphatic heterocycles. The Hall–Kier alpha value is -1.51. The Balaban J connectivity index is 1.85. The standard InChI is InChI=1S/C21H16BrClO/c1-21(2)14-9-11(23)7-8-12(14)18-15(21)10-16(22)19-13-5-3-4-6-17(13)24-20(18)19/h3-10,13,17H,1-2H3. The zero-order valence-electron chi connectivity index (χ0n) is 13.4. The molecule has 1 nitrogen and oxygen atoms in total. The molecule has 3 aliphatic rings. The van der Waals surface area contributed by atoms with Gasteiger partial charge in [0.15, 0.2) is 0 Å². The van der Waals surface area contributed by atoms with Crippen LogP contribution >= 0.6 is 27.5 Å². The fourth-order valence-electron chi connectivity index (χ4n) is 4.33. The summed E-state index contributed by atoms with van der Waals surface area (Å²) in [6.07, 6.45) is 8.64. The summed E-state index contributed by atoms with van der Waals surface area (Å²) in [5.41, 5.74) is 6.23. The Bertz CT molecular complexity index is 955. The second-order valence-corrected chi connectivity index (χ2v) is 8.51. The molecule has 2 unspecified atom stereocenters. The van der Waals surface area contributed by atoms with E-state index >= 15 is 0 Å². The maximum absolute atomic E-state index is 6.41. The monoisotopic (exact) mass is 398 g/mol. The van der Waals surface area contributed by atoms with Gasteiger partial charge in [-0.05, 0) is 41.0 Å². The van der Waals surface area contributed by atoms with Crippen molar-refractivity contribution >= 4 is 27.5 Å². The lowest BCUT2D eigenvalue weighted by Crippen LogP contribution is -2.15. The summed E-state index contributed by atoms with van der Waals surface area (Å²) >= 11 is 10.1. The third kappa shape index (κ3) is 1.76. The van der Waals surface area contributed by atoms with Gasteiger partial charge < -0.3 is 4.74 Å². The fraction of sp³-hybridized carbons (Fsp3) is 0.238. The van der Waals surface area contributed by atoms with Crippen molar-refractivity contribution in [3.8, 4) is 16.9 Å². The van der Waals surface area contributed by atoms with Gasteiger partial charge in [-0.1, -0.05) is 65.7 Å². The number of benzene rings is 2. The van der Waals surface area contributed by atoms with E-state index in [1.807, 2.05) is 6.07 Å². The molecule has 120 valence electrons. The molecule has 0 fully saturated rings. The van der Waals surface area contributed by atoms with Crippen molar-refractivity contribution in [2.24, 2.45) is 0 Å². The van der Waals surface area contributed by atoms with Crippen LogP contribution in [0.25, 0.3) is 11.1 Å². The van der Waals surface area contributed by atoms with E-state index in [9.17, 15) is 0 Å². The third-order valence-electron chi connectivity index (χ3n) is 5.54. The highest BCUT2D eigenvalue weighted by Crippen LogP contribution is 2.59. The van der Waals surface area contributed by atoms with Crippen molar-refractivity contribution < 1.29 is 4.74 Å². The molecule has 5 rings (SSSR count). The molecule has 24 heavy (non-hydrogen) atoms. The van der Waals surface area contributed by atoms with E-state index in [1.165, 1.54) is 27.8 Å². The molecule has 1 heterocycles. The van der Waals surface area contributed by atoms with Crippen LogP contribution < -0.4 is 4.74 Å². The van der Waals surface area contributed by atoms with Crippen LogP contribution in [-0.4, -0.2) is 6.10 Å². The number of hydrogen-bond donors (Lipinski definition) is 0. The molecule has 0 bridgehead atoms. The van der Waals surface area contributed by atoms with Gasteiger partial charge in [0.25, 0.3) is 0 Å². The van der Waals surface area contributed by atoms with Crippen LogP contribution in [0.4, 0.5) is 0 Å². The Labute approximate surface area is 155 Å². The van der Waals surface area contributed by atoms with Crippen LogP contribution in [0, 0.1) is 0 Å². The van der Waals surface area contributed by atoms with Crippen LogP contribution in [0.15, 0.2) is 53.0 Å². The van der Waals surface area contributed by atoms with Crippen LogP contribution in [0.1, 0.15) is 36.5 Å². The molecular weight excluding hydrogens is 384 g/mol. The third-order valence-corrected chi connectivity index (χ3v) is 6.43. The van der Waals surface area contributed by atoms with E-state index in [0.717, 1.165) is 15.2 Å². The van der Waals surface area contributed by atoms with Gasteiger partial charge in [-0.15, -0.1) is 0 Å². The van der Waals surface area contributed by atoms with Crippen LogP contribution in [0.2, 0.25) is 5.02 Å². The quantitative estimate of drug-likeness (QED) is 0.499. The highest BCUT2D eigenvalue weighted by molar-refractivity contribution is 9.10. The molecule has 2 atom stereocenters. The Morgan fingerprint density at radius 1 is 1.08 bits per heavy atom. The highest BCUT2D eigenvalue weighted by Gasteiger charge is 2.43. The first-order valence-corrected chi connectivity index (χ1v) is 9.34. The molecule has 0 saturated heterocycles. The van der Waals surface area contributed by atoms with Crippen molar-refractivity contribution in [2.75, 3.05) is 0 Å². The summed E-state index contributed by atoms with van der Waals surface area (Å²) in [7, 11) is 0. The predicted molar refractivity (Wildman–Crippen MR) is 102 cm³/mol. The van der Waals surface area contributed by atoms with E-state index in [-0.39, 0.29) is 17.4 Å². The van der Waals surface area contributed by atoms with Crippen LogP contribution in [0.5, 0.6) is 5.75 Å². The van der Waals surface area contributed by atoms with E-state index in [4.69, 9.17) is 16.3 Å². The highest BCUT2D eigenvalue weighted by atomic mass is 79.9. The average Bonchev–Trinajstić information content (AvgIpc) is 3.03. The molecule has 3 heteroatoms. The molecule has 0 spiro atoms. The van der Waals surface area contributed by atoms with Gasteiger partial charge in [-0.25, -0.2) is 0 Å². The van der Waals surface area contributed by atoms with Crippen LogP contribution in [-0.2, 0) is 5.41 Å². The molecule has 0 saturated carbocycles. The molecule has 0 aromatic heterocycles. The summed E-state index contributed by atoms with van der Waals surface area (Å²) in [5.74, 6) is 1.31. The Morgan fingerprint density at radius 3 is 2.71 bits per heavy atom. The fourth-order valence-corrected chi connectivity index (χ4v) is 5.17. The molecule has 2 aromatic carbocycles. The average molecular weight is 400 g/mol. The number of ether oxygens (including phenoxy) is 1. The second kappa shape index (κ2) is 4.77. The summed E-state index contributed by atoms with van der Waals surface area (Å²) < 4.78 is 7.55. The number of halogens is 2. The van der Waals surface area contributed by atoms with E-state index < -0.39 is 0 Å². The first kappa shape index (κ1) is 14.8. The topological polar surface area (TPSA) is 9.23 Å². The van der Waals surface area contributed by atoms with Gasteiger partial charge in [0.05, 0.1) is 0 Å². The first-order chi connectivity index (χ1) is 11.5. The summed E-state index contributed by atoms with van der Waals surface area (Å²) in [5, 5.41) is 0.783. The van der Waals surface area contributed by atoms with Gasteiger partial charge in [-0.2, -0.15) is 0 Å². The SMILES string of the molecule is CC1(C)c2cc(Cl)ccc2-c2c1cc(Br)c1c2OC2C=CC=CC12. The number of fused-ring (bicyclic) bond motifs is 7. The lowest BCUT2D eigenvalue weighted by Gasteiger charge is -2.22. The number of hydrogen-bond acceptors (Lipinski definition) is 1. The zero-order chi connectivity index (χ0) is 16.6. The second-order valence-electron chi connectivity index (χ2n) is 7.22. The van der Waals surface area contributed by atoms with E-state index in [1.54, 1.807) is 0 Å². The zero-order valence-corrected chi connectivity index (χ0v) is 15.8. The first-order valence-electron chi connectivity index (χ1n) is 8.17.